The molecule has 1 aromatic carbocycles. The lowest BCUT2D eigenvalue weighted by Crippen LogP contribution is -2.49. The molecular formula is C21H21N5O2. The van der Waals surface area contributed by atoms with Crippen molar-refractivity contribution in [2.75, 3.05) is 24.5 Å². The van der Waals surface area contributed by atoms with Crippen LogP contribution >= 0.6 is 0 Å². The van der Waals surface area contributed by atoms with Gasteiger partial charge in [-0.1, -0.05) is 0 Å². The van der Waals surface area contributed by atoms with E-state index >= 15 is 0 Å². The molecule has 3 aromatic heterocycles. The van der Waals surface area contributed by atoms with Crippen molar-refractivity contribution in [1.29, 1.82) is 0 Å². The maximum absolute atomic E-state index is 12.7. The molecule has 7 heteroatoms. The highest BCUT2D eigenvalue weighted by atomic mass is 16.4. The minimum atomic E-state index is -0.390. The predicted octanol–water partition coefficient (Wildman–Crippen LogP) is 2.61. The van der Waals surface area contributed by atoms with Gasteiger partial charge < -0.3 is 14.6 Å². The van der Waals surface area contributed by atoms with Gasteiger partial charge >= 0.3 is 5.63 Å². The number of anilines is 1. The molecule has 0 spiro atoms. The molecule has 1 aliphatic heterocycles. The summed E-state index contributed by atoms with van der Waals surface area (Å²) in [6, 6.07) is 12.1. The minimum Gasteiger partial charge on any atom is -0.422 e. The highest BCUT2D eigenvalue weighted by Crippen LogP contribution is 2.25. The number of aromatic nitrogens is 3. The number of imidazole rings is 1. The zero-order valence-corrected chi connectivity index (χ0v) is 15.8. The van der Waals surface area contributed by atoms with Gasteiger partial charge in [-0.15, -0.1) is 0 Å². The molecule has 7 nitrogen and oxygen atoms in total. The molecule has 0 bridgehead atoms. The first-order valence-corrected chi connectivity index (χ1v) is 9.46. The van der Waals surface area contributed by atoms with Gasteiger partial charge in [-0.05, 0) is 44.2 Å². The van der Waals surface area contributed by atoms with Gasteiger partial charge in [-0.3, -0.25) is 0 Å². The van der Waals surface area contributed by atoms with Crippen molar-refractivity contribution >= 4 is 22.3 Å². The van der Waals surface area contributed by atoms with Gasteiger partial charge in [0.05, 0.1) is 23.1 Å². The first kappa shape index (κ1) is 16.9. The maximum atomic E-state index is 12.7. The fourth-order valence-corrected chi connectivity index (χ4v) is 3.75. The van der Waals surface area contributed by atoms with Crippen LogP contribution in [0.4, 0.5) is 5.69 Å². The molecule has 5 rings (SSSR count). The number of hydrogen-bond acceptors (Lipinski definition) is 6. The van der Waals surface area contributed by atoms with E-state index in [2.05, 4.69) is 33.3 Å². The summed E-state index contributed by atoms with van der Waals surface area (Å²) in [5.74, 6) is 0. The molecule has 1 aliphatic rings. The van der Waals surface area contributed by atoms with E-state index in [4.69, 9.17) is 4.42 Å². The molecule has 1 fully saturated rings. The van der Waals surface area contributed by atoms with Crippen molar-refractivity contribution in [3.8, 4) is 11.3 Å². The van der Waals surface area contributed by atoms with Crippen LogP contribution < -0.4 is 15.8 Å². The Morgan fingerprint density at radius 1 is 1.21 bits per heavy atom. The normalized spacial score (nSPS) is 17.5. The van der Waals surface area contributed by atoms with Crippen molar-refractivity contribution in [1.82, 2.24) is 19.9 Å². The Morgan fingerprint density at radius 2 is 2.11 bits per heavy atom. The molecule has 0 unspecified atom stereocenters. The lowest BCUT2D eigenvalue weighted by atomic mass is 10.1. The van der Waals surface area contributed by atoms with Crippen molar-refractivity contribution in [3.63, 3.8) is 0 Å². The Hall–Kier alpha value is -3.19. The van der Waals surface area contributed by atoms with E-state index in [0.717, 1.165) is 36.4 Å². The van der Waals surface area contributed by atoms with Crippen LogP contribution in [0.25, 0.3) is 27.9 Å². The number of fused-ring (bicyclic) bond motifs is 2. The summed E-state index contributed by atoms with van der Waals surface area (Å²) in [5, 5.41) is 8.71. The summed E-state index contributed by atoms with van der Waals surface area (Å²) in [6.07, 6.45) is 1.76. The Kier molecular flexibility index (Phi) is 3.91. The molecule has 4 heterocycles. The van der Waals surface area contributed by atoms with E-state index in [0.29, 0.717) is 28.5 Å². The van der Waals surface area contributed by atoms with Crippen molar-refractivity contribution in [2.24, 2.45) is 0 Å². The quantitative estimate of drug-likeness (QED) is 0.543. The highest BCUT2D eigenvalue weighted by Gasteiger charge is 2.17. The number of piperazine rings is 1. The molecule has 0 radical (unpaired) electrons. The Bertz CT molecular complexity index is 1240. The van der Waals surface area contributed by atoms with Crippen LogP contribution in [-0.4, -0.2) is 40.3 Å². The van der Waals surface area contributed by atoms with E-state index < -0.39 is 5.63 Å². The molecule has 0 aliphatic carbocycles. The number of nitrogens with one attached hydrogen (secondary N) is 1. The van der Waals surface area contributed by atoms with Crippen LogP contribution in [0, 0.1) is 6.92 Å². The van der Waals surface area contributed by atoms with Gasteiger partial charge in [0.2, 0.25) is 0 Å². The molecule has 1 N–H and O–H groups in total. The van der Waals surface area contributed by atoms with E-state index in [1.54, 1.807) is 10.7 Å². The maximum Gasteiger partial charge on any atom is 0.345 e. The summed E-state index contributed by atoms with van der Waals surface area (Å²) in [7, 11) is 0. The van der Waals surface area contributed by atoms with E-state index in [9.17, 15) is 4.79 Å². The summed E-state index contributed by atoms with van der Waals surface area (Å²) in [4.78, 5) is 19.5. The van der Waals surface area contributed by atoms with Gasteiger partial charge in [0.25, 0.3) is 0 Å². The van der Waals surface area contributed by atoms with Crippen LogP contribution in [0.15, 0.2) is 51.8 Å². The van der Waals surface area contributed by atoms with Crippen molar-refractivity contribution in [3.05, 3.63) is 58.7 Å². The summed E-state index contributed by atoms with van der Waals surface area (Å²) < 4.78 is 7.34. The van der Waals surface area contributed by atoms with Gasteiger partial charge in [0, 0.05) is 42.8 Å². The number of hydrogen-bond donors (Lipinski definition) is 1. The third-order valence-electron chi connectivity index (χ3n) is 5.18. The second-order valence-electron chi connectivity index (χ2n) is 7.37. The second-order valence-corrected chi connectivity index (χ2v) is 7.37. The summed E-state index contributed by atoms with van der Waals surface area (Å²) >= 11 is 0. The zero-order valence-electron chi connectivity index (χ0n) is 15.8. The average molecular weight is 375 g/mol. The van der Waals surface area contributed by atoms with E-state index in [-0.39, 0.29) is 0 Å². The molecule has 28 heavy (non-hydrogen) atoms. The van der Waals surface area contributed by atoms with Crippen LogP contribution in [0.3, 0.4) is 0 Å². The Morgan fingerprint density at radius 3 is 2.96 bits per heavy atom. The van der Waals surface area contributed by atoms with Gasteiger partial charge in [0.15, 0.2) is 5.65 Å². The Labute approximate surface area is 161 Å². The van der Waals surface area contributed by atoms with Gasteiger partial charge in [-0.2, -0.15) is 5.10 Å². The molecule has 0 amide bonds. The summed E-state index contributed by atoms with van der Waals surface area (Å²) in [5.41, 5.74) is 3.87. The third-order valence-corrected chi connectivity index (χ3v) is 5.18. The number of rotatable bonds is 2. The van der Waals surface area contributed by atoms with Gasteiger partial charge in [0.1, 0.15) is 5.58 Å². The van der Waals surface area contributed by atoms with Crippen molar-refractivity contribution in [2.45, 2.75) is 19.9 Å². The molecule has 1 saturated heterocycles. The first-order valence-electron chi connectivity index (χ1n) is 9.46. The minimum absolute atomic E-state index is 0.390. The SMILES string of the molecule is Cc1ccc2nc(-c3cc4ccc(N5CCN[C@@H](C)C5)cc4oc3=O)cn2n1. The monoisotopic (exact) mass is 375 g/mol. The average Bonchev–Trinajstić information content (AvgIpc) is 3.10. The lowest BCUT2D eigenvalue weighted by molar-refractivity contribution is 0.484. The fraction of sp³-hybridized carbons (Fsp3) is 0.286. The number of nitrogens with zero attached hydrogens (tertiary/aromatic N) is 4. The molecule has 1 atom stereocenters. The standard InChI is InChI=1S/C21H21N5O2/c1-13-3-6-20-23-18(12-26(20)24-13)17-9-15-4-5-16(10-19(15)28-21(17)27)25-8-7-22-14(2)11-25/h3-6,9-10,12,14,22H,7-8,11H2,1-2H3/t14-/m0/s1. The van der Waals surface area contributed by atoms with E-state index in [1.807, 2.05) is 37.3 Å². The molecule has 142 valence electrons. The lowest BCUT2D eigenvalue weighted by Gasteiger charge is -2.33. The van der Waals surface area contributed by atoms with Gasteiger partial charge in [-0.25, -0.2) is 14.3 Å². The van der Waals surface area contributed by atoms with Crippen LogP contribution in [0.1, 0.15) is 12.6 Å². The zero-order chi connectivity index (χ0) is 19.3. The smallest absolute Gasteiger partial charge is 0.345 e. The topological polar surface area (TPSA) is 75.7 Å². The largest absolute Gasteiger partial charge is 0.422 e. The predicted molar refractivity (Wildman–Crippen MR) is 109 cm³/mol. The Balaban J connectivity index is 1.56. The van der Waals surface area contributed by atoms with Crippen molar-refractivity contribution < 1.29 is 4.42 Å². The number of aryl methyl sites for hydroxylation is 1. The van der Waals surface area contributed by atoms with Crippen LogP contribution in [-0.2, 0) is 0 Å². The molecule has 4 aromatic rings. The summed E-state index contributed by atoms with van der Waals surface area (Å²) in [6.45, 7) is 6.90. The van der Waals surface area contributed by atoms with Crippen LogP contribution in [0.2, 0.25) is 0 Å². The number of benzene rings is 1. The molecular weight excluding hydrogens is 354 g/mol. The third kappa shape index (κ3) is 2.93. The van der Waals surface area contributed by atoms with E-state index in [1.165, 1.54) is 0 Å². The first-order chi connectivity index (χ1) is 13.6. The second kappa shape index (κ2) is 6.45. The molecule has 0 saturated carbocycles. The van der Waals surface area contributed by atoms with Crippen LogP contribution in [0.5, 0.6) is 0 Å². The highest BCUT2D eigenvalue weighted by molar-refractivity contribution is 5.84. The fourth-order valence-electron chi connectivity index (χ4n) is 3.75.